The van der Waals surface area contributed by atoms with Gasteiger partial charge in [0.2, 0.25) is 0 Å². The molecule has 3 aromatic carbocycles. The van der Waals surface area contributed by atoms with Crippen LogP contribution in [-0.2, 0) is 11.3 Å². The van der Waals surface area contributed by atoms with E-state index in [9.17, 15) is 9.18 Å². The van der Waals surface area contributed by atoms with Gasteiger partial charge in [-0.25, -0.2) is 4.39 Å². The third-order valence-corrected chi connectivity index (χ3v) is 6.17. The lowest BCUT2D eigenvalue weighted by molar-refractivity contribution is -0.119. The van der Waals surface area contributed by atoms with Gasteiger partial charge < -0.3 is 21.5 Å². The van der Waals surface area contributed by atoms with E-state index in [2.05, 4.69) is 17.9 Å². The van der Waals surface area contributed by atoms with Crippen LogP contribution in [0.2, 0.25) is 0 Å². The summed E-state index contributed by atoms with van der Waals surface area (Å²) in [5.74, 6) is -0.182. The number of rotatable bonds is 8. The highest BCUT2D eigenvalue weighted by Gasteiger charge is 2.13. The summed E-state index contributed by atoms with van der Waals surface area (Å²) < 4.78 is 19.4. The Bertz CT molecular complexity index is 1440. The van der Waals surface area contributed by atoms with Crippen molar-refractivity contribution < 1.29 is 13.9 Å². The maximum atomic E-state index is 13.9. The summed E-state index contributed by atoms with van der Waals surface area (Å²) in [4.78, 5) is 16.5. The number of carbonyl (C=O) groups excluding carboxylic acids is 1. The van der Waals surface area contributed by atoms with Gasteiger partial charge in [0.15, 0.2) is 6.61 Å². The van der Waals surface area contributed by atoms with Crippen molar-refractivity contribution in [3.8, 4) is 28.1 Å². The molecule has 184 valence electrons. The molecule has 0 bridgehead atoms. The Morgan fingerprint density at radius 1 is 1.03 bits per heavy atom. The standard InChI is InChI=1S/C28H27FN4O2S/c1-16-3-4-18(10-25(16)35-15-27(31)34)13-32-21-12-22(19-6-8-24(30)26(36)11-19)28(33-14-21)20-5-7-23(29)17(2)9-20/h3-12,14,32,36H,13,15,30H2,1-2H3,(H2,31,34). The van der Waals surface area contributed by atoms with E-state index in [1.165, 1.54) is 6.07 Å². The van der Waals surface area contributed by atoms with Gasteiger partial charge in [-0.1, -0.05) is 18.2 Å². The predicted octanol–water partition coefficient (Wildman–Crippen LogP) is 5.52. The molecule has 1 heterocycles. The van der Waals surface area contributed by atoms with Crippen molar-refractivity contribution in [2.24, 2.45) is 5.73 Å². The van der Waals surface area contributed by atoms with Crippen LogP contribution in [0.4, 0.5) is 15.8 Å². The number of pyridine rings is 1. The number of aromatic nitrogens is 1. The smallest absolute Gasteiger partial charge is 0.255 e. The average Bonchev–Trinajstić information content (AvgIpc) is 2.86. The molecule has 1 amide bonds. The minimum Gasteiger partial charge on any atom is -0.484 e. The highest BCUT2D eigenvalue weighted by atomic mass is 32.1. The van der Waals surface area contributed by atoms with E-state index in [1.54, 1.807) is 31.3 Å². The van der Waals surface area contributed by atoms with Gasteiger partial charge in [0.05, 0.1) is 17.6 Å². The second kappa shape index (κ2) is 10.7. The predicted molar refractivity (Wildman–Crippen MR) is 145 cm³/mol. The van der Waals surface area contributed by atoms with Gasteiger partial charge in [-0.15, -0.1) is 12.6 Å². The Hall–Kier alpha value is -4.04. The maximum absolute atomic E-state index is 13.9. The van der Waals surface area contributed by atoms with Crippen LogP contribution in [0.15, 0.2) is 71.8 Å². The van der Waals surface area contributed by atoms with Crippen molar-refractivity contribution in [1.29, 1.82) is 0 Å². The number of hydrogen-bond donors (Lipinski definition) is 4. The fourth-order valence-corrected chi connectivity index (χ4v) is 3.99. The molecule has 4 aromatic rings. The number of thiol groups is 1. The molecule has 0 saturated carbocycles. The van der Waals surface area contributed by atoms with Crippen LogP contribution >= 0.6 is 12.6 Å². The number of benzene rings is 3. The van der Waals surface area contributed by atoms with Crippen molar-refractivity contribution in [2.45, 2.75) is 25.3 Å². The quantitative estimate of drug-likeness (QED) is 0.188. The van der Waals surface area contributed by atoms with E-state index in [0.717, 1.165) is 39.2 Å². The Labute approximate surface area is 214 Å². The molecule has 0 saturated heterocycles. The second-order valence-corrected chi connectivity index (χ2v) is 9.05. The molecule has 8 heteroatoms. The Balaban J connectivity index is 1.66. The topological polar surface area (TPSA) is 103 Å². The van der Waals surface area contributed by atoms with E-state index < -0.39 is 5.91 Å². The van der Waals surface area contributed by atoms with E-state index in [-0.39, 0.29) is 12.4 Å². The van der Waals surface area contributed by atoms with Crippen molar-refractivity contribution in [1.82, 2.24) is 4.98 Å². The summed E-state index contributed by atoms with van der Waals surface area (Å²) in [6, 6.07) is 18.4. The number of halogens is 1. The minimum absolute atomic E-state index is 0.177. The molecule has 5 N–H and O–H groups in total. The molecular weight excluding hydrogens is 475 g/mol. The zero-order valence-corrected chi connectivity index (χ0v) is 20.9. The third kappa shape index (κ3) is 5.78. The van der Waals surface area contributed by atoms with Gasteiger partial charge in [0.25, 0.3) is 5.91 Å². The number of carbonyl (C=O) groups is 1. The largest absolute Gasteiger partial charge is 0.484 e. The molecule has 0 aliphatic carbocycles. The van der Waals surface area contributed by atoms with Crippen LogP contribution in [0.3, 0.4) is 0 Å². The van der Waals surface area contributed by atoms with E-state index >= 15 is 0 Å². The van der Waals surface area contributed by atoms with E-state index in [4.69, 9.17) is 21.2 Å². The molecule has 0 atom stereocenters. The van der Waals surface area contributed by atoms with Gasteiger partial charge in [0.1, 0.15) is 11.6 Å². The summed E-state index contributed by atoms with van der Waals surface area (Å²) in [6.45, 7) is 3.96. The van der Waals surface area contributed by atoms with Crippen molar-refractivity contribution >= 4 is 29.9 Å². The molecule has 0 radical (unpaired) electrons. The monoisotopic (exact) mass is 502 g/mol. The molecule has 0 unspecified atom stereocenters. The van der Waals surface area contributed by atoms with E-state index in [0.29, 0.717) is 28.4 Å². The molecule has 0 aliphatic rings. The van der Waals surface area contributed by atoms with Crippen LogP contribution in [0.25, 0.3) is 22.4 Å². The average molecular weight is 503 g/mol. The first-order valence-electron chi connectivity index (χ1n) is 11.3. The van der Waals surface area contributed by atoms with Crippen molar-refractivity contribution in [2.75, 3.05) is 17.7 Å². The third-order valence-electron chi connectivity index (χ3n) is 5.78. The lowest BCUT2D eigenvalue weighted by Gasteiger charge is -2.15. The SMILES string of the molecule is Cc1cc(-c2ncc(NCc3ccc(C)c(OCC(N)=O)c3)cc2-c2ccc(N)c(S)c2)ccc1F. The number of primary amides is 1. The molecule has 0 aliphatic heterocycles. The zero-order chi connectivity index (χ0) is 25.8. The number of amides is 1. The van der Waals surface area contributed by atoms with Gasteiger partial charge in [0, 0.05) is 28.3 Å². The number of ether oxygens (including phenoxy) is 1. The molecule has 0 fully saturated rings. The number of nitrogen functional groups attached to an aromatic ring is 1. The van der Waals surface area contributed by atoms with Crippen molar-refractivity contribution in [3.63, 3.8) is 0 Å². The summed E-state index contributed by atoms with van der Waals surface area (Å²) in [6.07, 6.45) is 1.75. The summed E-state index contributed by atoms with van der Waals surface area (Å²) in [7, 11) is 0. The highest BCUT2D eigenvalue weighted by molar-refractivity contribution is 7.80. The Kier molecular flexibility index (Phi) is 7.45. The van der Waals surface area contributed by atoms with Crippen LogP contribution < -0.4 is 21.5 Å². The fraction of sp³-hybridized carbons (Fsp3) is 0.143. The fourth-order valence-electron chi connectivity index (χ4n) is 3.78. The molecular formula is C28H27FN4O2S. The number of nitrogens with two attached hydrogens (primary N) is 2. The number of nitrogens with zero attached hydrogens (tertiary/aromatic N) is 1. The van der Waals surface area contributed by atoms with E-state index in [1.807, 2.05) is 43.3 Å². The van der Waals surface area contributed by atoms with Crippen LogP contribution in [0.1, 0.15) is 16.7 Å². The van der Waals surface area contributed by atoms with Crippen LogP contribution in [0.5, 0.6) is 5.75 Å². The summed E-state index contributed by atoms with van der Waals surface area (Å²) >= 11 is 4.48. The summed E-state index contributed by atoms with van der Waals surface area (Å²) in [5.41, 5.74) is 18.2. The molecule has 1 aromatic heterocycles. The molecule has 4 rings (SSSR count). The lowest BCUT2D eigenvalue weighted by Crippen LogP contribution is -2.20. The molecule has 6 nitrogen and oxygen atoms in total. The zero-order valence-electron chi connectivity index (χ0n) is 20.0. The second-order valence-electron chi connectivity index (χ2n) is 8.57. The van der Waals surface area contributed by atoms with Crippen molar-refractivity contribution in [3.05, 3.63) is 89.4 Å². The van der Waals surface area contributed by atoms with Gasteiger partial charge in [-0.2, -0.15) is 0 Å². The Morgan fingerprint density at radius 3 is 2.53 bits per heavy atom. The maximum Gasteiger partial charge on any atom is 0.255 e. The number of nitrogens with one attached hydrogen (secondary N) is 1. The first kappa shape index (κ1) is 25.1. The number of hydrogen-bond acceptors (Lipinski definition) is 6. The first-order chi connectivity index (χ1) is 17.2. The first-order valence-corrected chi connectivity index (χ1v) is 11.8. The minimum atomic E-state index is -0.528. The molecule has 36 heavy (non-hydrogen) atoms. The van der Waals surface area contributed by atoms with Gasteiger partial charge in [-0.3, -0.25) is 9.78 Å². The van der Waals surface area contributed by atoms with Gasteiger partial charge in [-0.05, 0) is 78.6 Å². The number of anilines is 2. The molecule has 0 spiro atoms. The lowest BCUT2D eigenvalue weighted by atomic mass is 9.97. The van der Waals surface area contributed by atoms with Crippen LogP contribution in [-0.4, -0.2) is 17.5 Å². The number of aryl methyl sites for hydroxylation is 2. The Morgan fingerprint density at radius 2 is 1.81 bits per heavy atom. The normalized spacial score (nSPS) is 10.8. The van der Waals surface area contributed by atoms with Gasteiger partial charge >= 0.3 is 0 Å². The summed E-state index contributed by atoms with van der Waals surface area (Å²) in [5, 5.41) is 3.39. The highest BCUT2D eigenvalue weighted by Crippen LogP contribution is 2.35. The van der Waals surface area contributed by atoms with Crippen LogP contribution in [0, 0.1) is 19.7 Å².